The van der Waals surface area contributed by atoms with Crippen LogP contribution in [0.5, 0.6) is 11.5 Å². The summed E-state index contributed by atoms with van der Waals surface area (Å²) >= 11 is 0. The summed E-state index contributed by atoms with van der Waals surface area (Å²) in [7, 11) is 4.49. The maximum atomic E-state index is 11.3. The number of anilines is 1. The first-order valence-electron chi connectivity index (χ1n) is 7.00. The second kappa shape index (κ2) is 7.44. The standard InChI is InChI=1S/C16H19N3O4/c1-21-12-5-4-6-13(22-2)15(12)11-9-10(18-16(17)19-11)7-8-14(20)23-3/h4-6,9H,7-8H2,1-3H3,(H2,17,18,19). The molecule has 2 rings (SSSR count). The van der Waals surface area contributed by atoms with Crippen molar-refractivity contribution in [3.63, 3.8) is 0 Å². The van der Waals surface area contributed by atoms with Crippen LogP contribution >= 0.6 is 0 Å². The zero-order valence-electron chi connectivity index (χ0n) is 13.3. The van der Waals surface area contributed by atoms with E-state index in [0.29, 0.717) is 34.9 Å². The van der Waals surface area contributed by atoms with E-state index in [4.69, 9.17) is 15.2 Å². The Bertz CT molecular complexity index is 681. The van der Waals surface area contributed by atoms with Crippen molar-refractivity contribution in [1.29, 1.82) is 0 Å². The molecule has 1 aromatic heterocycles. The number of benzene rings is 1. The fraction of sp³-hybridized carbons (Fsp3) is 0.312. The highest BCUT2D eigenvalue weighted by Gasteiger charge is 2.16. The molecule has 1 heterocycles. The van der Waals surface area contributed by atoms with E-state index in [0.717, 1.165) is 0 Å². The minimum Gasteiger partial charge on any atom is -0.496 e. The van der Waals surface area contributed by atoms with Gasteiger partial charge < -0.3 is 19.9 Å². The summed E-state index contributed by atoms with van der Waals surface area (Å²) in [5.41, 5.74) is 7.70. The predicted octanol–water partition coefficient (Wildman–Crippen LogP) is 1.85. The molecule has 0 aliphatic carbocycles. The van der Waals surface area contributed by atoms with Gasteiger partial charge in [0, 0.05) is 12.1 Å². The second-order valence-electron chi connectivity index (χ2n) is 4.72. The van der Waals surface area contributed by atoms with Crippen molar-refractivity contribution < 1.29 is 19.0 Å². The van der Waals surface area contributed by atoms with Gasteiger partial charge in [-0.2, -0.15) is 0 Å². The molecule has 0 unspecified atom stereocenters. The number of nitrogens with two attached hydrogens (primary N) is 1. The molecule has 0 spiro atoms. The van der Waals surface area contributed by atoms with Gasteiger partial charge in [0.15, 0.2) is 0 Å². The van der Waals surface area contributed by atoms with Crippen LogP contribution in [0.25, 0.3) is 11.3 Å². The van der Waals surface area contributed by atoms with Crippen LogP contribution in [0.4, 0.5) is 5.95 Å². The maximum absolute atomic E-state index is 11.3. The molecule has 0 fully saturated rings. The average Bonchev–Trinajstić information content (AvgIpc) is 2.58. The molecular formula is C16H19N3O4. The summed E-state index contributed by atoms with van der Waals surface area (Å²) in [5, 5.41) is 0. The van der Waals surface area contributed by atoms with Gasteiger partial charge >= 0.3 is 5.97 Å². The molecule has 122 valence electrons. The number of carbonyl (C=O) groups is 1. The molecule has 2 N–H and O–H groups in total. The lowest BCUT2D eigenvalue weighted by Gasteiger charge is -2.13. The molecule has 7 heteroatoms. The van der Waals surface area contributed by atoms with Gasteiger partial charge in [-0.15, -0.1) is 0 Å². The number of ether oxygens (including phenoxy) is 3. The van der Waals surface area contributed by atoms with Crippen molar-refractivity contribution in [3.05, 3.63) is 30.0 Å². The van der Waals surface area contributed by atoms with Gasteiger partial charge in [-0.1, -0.05) is 6.07 Å². The minimum absolute atomic E-state index is 0.121. The summed E-state index contributed by atoms with van der Waals surface area (Å²) in [4.78, 5) is 19.7. The zero-order chi connectivity index (χ0) is 16.8. The van der Waals surface area contributed by atoms with E-state index in [1.54, 1.807) is 20.3 Å². The van der Waals surface area contributed by atoms with Crippen molar-refractivity contribution in [2.45, 2.75) is 12.8 Å². The van der Waals surface area contributed by atoms with Crippen LogP contribution in [0.2, 0.25) is 0 Å². The Morgan fingerprint density at radius 2 is 1.78 bits per heavy atom. The van der Waals surface area contributed by atoms with Crippen molar-refractivity contribution in [1.82, 2.24) is 9.97 Å². The molecule has 0 saturated heterocycles. The largest absolute Gasteiger partial charge is 0.496 e. The van der Waals surface area contributed by atoms with Gasteiger partial charge in [0.05, 0.1) is 39.0 Å². The lowest BCUT2D eigenvalue weighted by atomic mass is 10.1. The van der Waals surface area contributed by atoms with E-state index in [-0.39, 0.29) is 18.3 Å². The molecule has 23 heavy (non-hydrogen) atoms. The smallest absolute Gasteiger partial charge is 0.305 e. The Hall–Kier alpha value is -2.83. The summed E-state index contributed by atoms with van der Waals surface area (Å²) in [6, 6.07) is 7.21. The number of hydrogen-bond acceptors (Lipinski definition) is 7. The number of aryl methyl sites for hydroxylation is 1. The molecule has 2 aromatic rings. The van der Waals surface area contributed by atoms with Crippen molar-refractivity contribution >= 4 is 11.9 Å². The molecule has 0 radical (unpaired) electrons. The van der Waals surface area contributed by atoms with E-state index in [9.17, 15) is 4.79 Å². The highest BCUT2D eigenvalue weighted by atomic mass is 16.5. The lowest BCUT2D eigenvalue weighted by Crippen LogP contribution is -2.06. The SMILES string of the molecule is COC(=O)CCc1cc(-c2c(OC)cccc2OC)nc(N)n1. The van der Waals surface area contributed by atoms with Crippen molar-refractivity contribution in [2.75, 3.05) is 27.1 Å². The van der Waals surface area contributed by atoms with Gasteiger partial charge in [-0.05, 0) is 18.2 Å². The molecule has 0 saturated carbocycles. The van der Waals surface area contributed by atoms with Crippen molar-refractivity contribution in [2.24, 2.45) is 0 Å². The zero-order valence-corrected chi connectivity index (χ0v) is 13.3. The summed E-state index contributed by atoms with van der Waals surface area (Å²) in [6.07, 6.45) is 0.624. The fourth-order valence-corrected chi connectivity index (χ4v) is 2.21. The van der Waals surface area contributed by atoms with Gasteiger partial charge in [0.25, 0.3) is 0 Å². The number of esters is 1. The van der Waals surface area contributed by atoms with Crippen LogP contribution in [0.15, 0.2) is 24.3 Å². The Labute approximate surface area is 134 Å². The van der Waals surface area contributed by atoms with Crippen LogP contribution in [-0.2, 0) is 16.0 Å². The third-order valence-corrected chi connectivity index (χ3v) is 3.29. The number of hydrogen-bond donors (Lipinski definition) is 1. The van der Waals surface area contributed by atoms with Crippen LogP contribution in [-0.4, -0.2) is 37.3 Å². The lowest BCUT2D eigenvalue weighted by molar-refractivity contribution is -0.140. The number of carbonyl (C=O) groups excluding carboxylic acids is 1. The molecule has 1 aromatic carbocycles. The van der Waals surface area contributed by atoms with Gasteiger partial charge in [0.1, 0.15) is 11.5 Å². The molecule has 0 atom stereocenters. The van der Waals surface area contributed by atoms with Crippen LogP contribution in [0.3, 0.4) is 0 Å². The fourth-order valence-electron chi connectivity index (χ4n) is 2.21. The number of rotatable bonds is 6. The Morgan fingerprint density at radius 3 is 2.35 bits per heavy atom. The first-order valence-corrected chi connectivity index (χ1v) is 7.00. The molecule has 7 nitrogen and oxygen atoms in total. The summed E-state index contributed by atoms with van der Waals surface area (Å²) < 4.78 is 15.4. The number of nitrogens with zero attached hydrogens (tertiary/aromatic N) is 2. The topological polar surface area (TPSA) is 96.6 Å². The van der Waals surface area contributed by atoms with E-state index < -0.39 is 0 Å². The molecule has 0 amide bonds. The predicted molar refractivity (Wildman–Crippen MR) is 85.3 cm³/mol. The van der Waals surface area contributed by atoms with Gasteiger partial charge in [0.2, 0.25) is 5.95 Å². The highest BCUT2D eigenvalue weighted by Crippen LogP contribution is 2.37. The molecular weight excluding hydrogens is 298 g/mol. The normalized spacial score (nSPS) is 10.2. The van der Waals surface area contributed by atoms with E-state index in [1.165, 1.54) is 7.11 Å². The number of methoxy groups -OCH3 is 3. The average molecular weight is 317 g/mol. The highest BCUT2D eigenvalue weighted by molar-refractivity contribution is 5.75. The Morgan fingerprint density at radius 1 is 1.13 bits per heavy atom. The van der Waals surface area contributed by atoms with Crippen LogP contribution < -0.4 is 15.2 Å². The minimum atomic E-state index is -0.307. The number of aromatic nitrogens is 2. The molecule has 0 aliphatic heterocycles. The van der Waals surface area contributed by atoms with E-state index in [1.807, 2.05) is 18.2 Å². The Kier molecular flexibility index (Phi) is 5.35. The summed E-state index contributed by atoms with van der Waals surface area (Å²) in [5.74, 6) is 1.04. The van der Waals surface area contributed by atoms with Crippen LogP contribution in [0.1, 0.15) is 12.1 Å². The van der Waals surface area contributed by atoms with E-state index >= 15 is 0 Å². The third-order valence-electron chi connectivity index (χ3n) is 3.29. The van der Waals surface area contributed by atoms with Gasteiger partial charge in [-0.25, -0.2) is 9.97 Å². The quantitative estimate of drug-likeness (QED) is 0.812. The van der Waals surface area contributed by atoms with Crippen LogP contribution in [0, 0.1) is 0 Å². The second-order valence-corrected chi connectivity index (χ2v) is 4.72. The maximum Gasteiger partial charge on any atom is 0.305 e. The van der Waals surface area contributed by atoms with Gasteiger partial charge in [-0.3, -0.25) is 4.79 Å². The Balaban J connectivity index is 2.44. The third kappa shape index (κ3) is 3.88. The first-order chi connectivity index (χ1) is 11.1. The monoisotopic (exact) mass is 317 g/mol. The molecule has 0 aliphatic rings. The van der Waals surface area contributed by atoms with E-state index in [2.05, 4.69) is 14.7 Å². The number of nitrogen functional groups attached to an aromatic ring is 1. The first kappa shape index (κ1) is 16.5. The summed E-state index contributed by atoms with van der Waals surface area (Å²) in [6.45, 7) is 0. The van der Waals surface area contributed by atoms with Crippen molar-refractivity contribution in [3.8, 4) is 22.8 Å². The molecule has 0 bridgehead atoms.